The van der Waals surface area contributed by atoms with E-state index in [4.69, 9.17) is 4.74 Å². The summed E-state index contributed by atoms with van der Waals surface area (Å²) >= 11 is 0. The predicted octanol–water partition coefficient (Wildman–Crippen LogP) is 4.98. The fourth-order valence-electron chi connectivity index (χ4n) is 2.61. The predicted molar refractivity (Wildman–Crippen MR) is 108 cm³/mol. The molecular weight excluding hydrogens is 365 g/mol. The third-order valence-corrected chi connectivity index (χ3v) is 5.87. The number of halogens is 1. The van der Waals surface area contributed by atoms with Gasteiger partial charge in [-0.05, 0) is 61.6 Å². The number of benzene rings is 1. The zero-order chi connectivity index (χ0) is 20.1. The van der Waals surface area contributed by atoms with E-state index < -0.39 is 21.9 Å². The van der Waals surface area contributed by atoms with Crippen molar-refractivity contribution in [1.29, 1.82) is 0 Å². The number of sulfonamides is 1. The molecule has 1 N–H and O–H groups in total. The van der Waals surface area contributed by atoms with E-state index in [0.29, 0.717) is 18.1 Å². The summed E-state index contributed by atoms with van der Waals surface area (Å²) in [5.41, 5.74) is 0.917. The van der Waals surface area contributed by atoms with Crippen molar-refractivity contribution in [3.05, 3.63) is 41.7 Å². The Hall–Kier alpha value is -1.40. The maximum atomic E-state index is 13.9. The normalized spacial score (nSPS) is 16.6. The van der Waals surface area contributed by atoms with Gasteiger partial charge in [-0.2, -0.15) is 0 Å². The van der Waals surface area contributed by atoms with Gasteiger partial charge in [-0.25, -0.2) is 17.5 Å². The van der Waals surface area contributed by atoms with Crippen LogP contribution in [0.4, 0.5) is 4.39 Å². The van der Waals surface area contributed by atoms with Gasteiger partial charge in [0.25, 0.3) is 0 Å². The molecule has 2 rings (SSSR count). The highest BCUT2D eigenvalue weighted by Gasteiger charge is 2.23. The molecule has 6 heteroatoms. The highest BCUT2D eigenvalue weighted by Crippen LogP contribution is 2.31. The largest absolute Gasteiger partial charge is 0.490 e. The first-order valence-corrected chi connectivity index (χ1v) is 11.3. The Morgan fingerprint density at radius 2 is 2.00 bits per heavy atom. The van der Waals surface area contributed by atoms with Crippen LogP contribution < -0.4 is 9.46 Å². The molecule has 0 amide bonds. The van der Waals surface area contributed by atoms with Crippen molar-refractivity contribution in [2.75, 3.05) is 12.4 Å². The summed E-state index contributed by atoms with van der Waals surface area (Å²) in [6.45, 7) is 8.74. The molecule has 1 aliphatic carbocycles. The second kappa shape index (κ2) is 9.20. The summed E-state index contributed by atoms with van der Waals surface area (Å²) in [5.74, 6) is 0.228. The van der Waals surface area contributed by atoms with Crippen LogP contribution in [0.15, 0.2) is 30.4 Å². The average molecular weight is 398 g/mol. The smallest absolute Gasteiger partial charge is 0.215 e. The SMILES string of the molecule is C[C@@H](NS(=O)(=O)C/C=C/CCC(C)(C)C)c1ccc(F)c(OCC2CC2)c1. The van der Waals surface area contributed by atoms with Gasteiger partial charge in [-0.15, -0.1) is 0 Å². The molecule has 0 radical (unpaired) electrons. The minimum atomic E-state index is -3.45. The van der Waals surface area contributed by atoms with Crippen molar-refractivity contribution in [3.8, 4) is 5.75 Å². The summed E-state index contributed by atoms with van der Waals surface area (Å²) < 4.78 is 46.6. The van der Waals surface area contributed by atoms with Gasteiger partial charge in [0.05, 0.1) is 12.4 Å². The van der Waals surface area contributed by atoms with Crippen LogP contribution in [-0.4, -0.2) is 20.8 Å². The standard InChI is InChI=1S/C21H32FNO3S/c1-16(23-27(24,25)13-7-5-6-12-21(2,3)4)18-10-11-19(22)20(14-18)26-15-17-8-9-17/h5,7,10-11,14,16-17,23H,6,8-9,12-13,15H2,1-4H3/b7-5+/t16-/m1/s1. The van der Waals surface area contributed by atoms with Crippen LogP contribution in [0.25, 0.3) is 0 Å². The zero-order valence-electron chi connectivity index (χ0n) is 16.8. The number of allylic oxidation sites excluding steroid dienone is 1. The van der Waals surface area contributed by atoms with Gasteiger partial charge in [0.1, 0.15) is 0 Å². The Balaban J connectivity index is 1.89. The number of nitrogens with one attached hydrogen (secondary N) is 1. The first kappa shape index (κ1) is 21.9. The molecule has 152 valence electrons. The quantitative estimate of drug-likeness (QED) is 0.567. The lowest BCUT2D eigenvalue weighted by Gasteiger charge is -2.16. The number of hydrogen-bond donors (Lipinski definition) is 1. The van der Waals surface area contributed by atoms with Crippen molar-refractivity contribution < 1.29 is 17.5 Å². The van der Waals surface area contributed by atoms with Gasteiger partial charge in [0.15, 0.2) is 11.6 Å². The van der Waals surface area contributed by atoms with Gasteiger partial charge in [-0.3, -0.25) is 0 Å². The molecule has 4 nitrogen and oxygen atoms in total. The second-order valence-corrected chi connectivity index (χ2v) is 10.4. The fraction of sp³-hybridized carbons (Fsp3) is 0.619. The summed E-state index contributed by atoms with van der Waals surface area (Å²) in [6.07, 6.45) is 7.72. The first-order valence-electron chi connectivity index (χ1n) is 9.63. The molecule has 27 heavy (non-hydrogen) atoms. The minimum absolute atomic E-state index is 0.0618. The summed E-state index contributed by atoms with van der Waals surface area (Å²) in [6, 6.07) is 4.05. The fourth-order valence-corrected chi connectivity index (χ4v) is 3.77. The monoisotopic (exact) mass is 397 g/mol. The van der Waals surface area contributed by atoms with E-state index in [9.17, 15) is 12.8 Å². The molecule has 0 heterocycles. The number of hydrogen-bond acceptors (Lipinski definition) is 3. The van der Waals surface area contributed by atoms with E-state index in [-0.39, 0.29) is 16.9 Å². The molecule has 1 aromatic carbocycles. The van der Waals surface area contributed by atoms with E-state index in [1.807, 2.05) is 6.08 Å². The Labute approximate surface area is 163 Å². The molecular formula is C21H32FNO3S. The van der Waals surface area contributed by atoms with E-state index in [2.05, 4.69) is 25.5 Å². The Kier molecular flexibility index (Phi) is 7.46. The van der Waals surface area contributed by atoms with Crippen LogP contribution in [0.1, 0.15) is 65.0 Å². The number of rotatable bonds is 10. The molecule has 0 unspecified atom stereocenters. The highest BCUT2D eigenvalue weighted by molar-refractivity contribution is 7.89. The molecule has 1 aliphatic rings. The summed E-state index contributed by atoms with van der Waals surface area (Å²) in [4.78, 5) is 0. The second-order valence-electron chi connectivity index (χ2n) is 8.64. The topological polar surface area (TPSA) is 55.4 Å². The molecule has 1 fully saturated rings. The molecule has 0 aromatic heterocycles. The van der Waals surface area contributed by atoms with E-state index >= 15 is 0 Å². The average Bonchev–Trinajstić information content (AvgIpc) is 3.36. The highest BCUT2D eigenvalue weighted by atomic mass is 32.2. The van der Waals surface area contributed by atoms with E-state index in [1.54, 1.807) is 25.1 Å². The third kappa shape index (κ3) is 8.43. The lowest BCUT2D eigenvalue weighted by Crippen LogP contribution is -2.28. The first-order chi connectivity index (χ1) is 12.6. The van der Waals surface area contributed by atoms with Crippen molar-refractivity contribution >= 4 is 10.0 Å². The molecule has 0 spiro atoms. The van der Waals surface area contributed by atoms with E-state index in [0.717, 1.165) is 25.7 Å². The van der Waals surface area contributed by atoms with Crippen molar-refractivity contribution in [1.82, 2.24) is 4.72 Å². The van der Waals surface area contributed by atoms with Gasteiger partial charge in [0, 0.05) is 6.04 Å². The van der Waals surface area contributed by atoms with Crippen LogP contribution in [0.5, 0.6) is 5.75 Å². The van der Waals surface area contributed by atoms with Crippen LogP contribution >= 0.6 is 0 Å². The van der Waals surface area contributed by atoms with E-state index in [1.165, 1.54) is 6.07 Å². The molecule has 1 saturated carbocycles. The Morgan fingerprint density at radius 1 is 1.30 bits per heavy atom. The van der Waals surface area contributed by atoms with Crippen molar-refractivity contribution in [2.24, 2.45) is 11.3 Å². The Morgan fingerprint density at radius 3 is 2.63 bits per heavy atom. The van der Waals surface area contributed by atoms with Gasteiger partial charge in [-0.1, -0.05) is 39.0 Å². The molecule has 1 atom stereocenters. The van der Waals surface area contributed by atoms with Crippen LogP contribution in [0.3, 0.4) is 0 Å². The third-order valence-electron chi connectivity index (χ3n) is 4.53. The van der Waals surface area contributed by atoms with Crippen molar-refractivity contribution in [2.45, 2.75) is 59.4 Å². The molecule has 0 saturated heterocycles. The minimum Gasteiger partial charge on any atom is -0.490 e. The van der Waals surface area contributed by atoms with Crippen LogP contribution in [0.2, 0.25) is 0 Å². The maximum Gasteiger partial charge on any atom is 0.215 e. The zero-order valence-corrected chi connectivity index (χ0v) is 17.6. The number of ether oxygens (including phenoxy) is 1. The Bertz CT molecular complexity index is 749. The lowest BCUT2D eigenvalue weighted by atomic mass is 9.91. The van der Waals surface area contributed by atoms with Gasteiger partial charge < -0.3 is 4.74 Å². The summed E-state index contributed by atoms with van der Waals surface area (Å²) in [7, 11) is -3.45. The maximum absolute atomic E-state index is 13.9. The van der Waals surface area contributed by atoms with Crippen LogP contribution in [0, 0.1) is 17.2 Å². The van der Waals surface area contributed by atoms with Crippen LogP contribution in [-0.2, 0) is 10.0 Å². The van der Waals surface area contributed by atoms with Gasteiger partial charge in [0.2, 0.25) is 10.0 Å². The summed E-state index contributed by atoms with van der Waals surface area (Å²) in [5, 5.41) is 0. The molecule has 1 aromatic rings. The molecule has 0 aliphatic heterocycles. The van der Waals surface area contributed by atoms with Crippen molar-refractivity contribution in [3.63, 3.8) is 0 Å². The molecule has 0 bridgehead atoms. The van der Waals surface area contributed by atoms with Gasteiger partial charge >= 0.3 is 0 Å². The lowest BCUT2D eigenvalue weighted by molar-refractivity contribution is 0.285.